The maximum Gasteiger partial charge on any atom is 0.283 e. The standard InChI is InChI=1S/C17H16BrClN4OS/c1-4-23-8-13(10(3)22-23)9(2)20-21-17(24)16-15(19)12-6-5-11(18)7-14(12)25-16/h5-8H,4H2,1-3H3,(H,21,24)/b20-9-. The molecule has 0 saturated carbocycles. The maximum atomic E-state index is 12.5. The van der Waals surface area contributed by atoms with Gasteiger partial charge in [0.25, 0.3) is 5.91 Å². The molecule has 2 heterocycles. The van der Waals surface area contributed by atoms with Crippen molar-refractivity contribution in [3.63, 3.8) is 0 Å². The lowest BCUT2D eigenvalue weighted by Gasteiger charge is -2.01. The predicted octanol–water partition coefficient (Wildman–Crippen LogP) is 5.00. The van der Waals surface area contributed by atoms with E-state index in [4.69, 9.17) is 11.6 Å². The van der Waals surface area contributed by atoms with Crippen LogP contribution in [0.3, 0.4) is 0 Å². The lowest BCUT2D eigenvalue weighted by molar-refractivity contribution is 0.0959. The summed E-state index contributed by atoms with van der Waals surface area (Å²) in [7, 11) is 0. The predicted molar refractivity (Wildman–Crippen MR) is 107 cm³/mol. The fraction of sp³-hybridized carbons (Fsp3) is 0.235. The summed E-state index contributed by atoms with van der Waals surface area (Å²) in [5, 5.41) is 9.91. The van der Waals surface area contributed by atoms with Crippen LogP contribution in [0.15, 0.2) is 34.0 Å². The summed E-state index contributed by atoms with van der Waals surface area (Å²) in [5.74, 6) is -0.317. The Labute approximate surface area is 162 Å². The average Bonchev–Trinajstić information content (AvgIpc) is 3.12. The highest BCUT2D eigenvalue weighted by atomic mass is 79.9. The Hall–Kier alpha value is -1.70. The Morgan fingerprint density at radius 3 is 2.92 bits per heavy atom. The van der Waals surface area contributed by atoms with E-state index in [1.165, 1.54) is 11.3 Å². The van der Waals surface area contributed by atoms with E-state index in [1.807, 2.05) is 49.8 Å². The average molecular weight is 440 g/mol. The van der Waals surface area contributed by atoms with Crippen LogP contribution in [-0.2, 0) is 6.54 Å². The van der Waals surface area contributed by atoms with E-state index in [1.54, 1.807) is 0 Å². The van der Waals surface area contributed by atoms with Crippen LogP contribution in [0.5, 0.6) is 0 Å². The largest absolute Gasteiger partial charge is 0.283 e. The molecule has 0 aliphatic rings. The van der Waals surface area contributed by atoms with Gasteiger partial charge in [-0.1, -0.05) is 33.6 Å². The number of rotatable bonds is 4. The fourth-order valence-corrected chi connectivity index (χ4v) is 4.42. The van der Waals surface area contributed by atoms with Crippen molar-refractivity contribution in [2.75, 3.05) is 0 Å². The smallest absolute Gasteiger partial charge is 0.272 e. The third-order valence-corrected chi connectivity index (χ3v) is 5.93. The van der Waals surface area contributed by atoms with Gasteiger partial charge in [-0.15, -0.1) is 11.3 Å². The van der Waals surface area contributed by atoms with Crippen molar-refractivity contribution >= 4 is 60.6 Å². The zero-order valence-corrected chi connectivity index (χ0v) is 17.1. The van der Waals surface area contributed by atoms with Gasteiger partial charge in [-0.2, -0.15) is 10.2 Å². The lowest BCUT2D eigenvalue weighted by atomic mass is 10.2. The molecular formula is C17H16BrClN4OS. The molecule has 5 nitrogen and oxygen atoms in total. The van der Waals surface area contributed by atoms with Gasteiger partial charge in [-0.05, 0) is 32.9 Å². The van der Waals surface area contributed by atoms with E-state index in [0.717, 1.165) is 32.4 Å². The Bertz CT molecular complexity index is 992. The Morgan fingerprint density at radius 1 is 1.48 bits per heavy atom. The van der Waals surface area contributed by atoms with Gasteiger partial charge in [0.15, 0.2) is 0 Å². The molecule has 8 heteroatoms. The monoisotopic (exact) mass is 438 g/mol. The number of halogens is 2. The summed E-state index contributed by atoms with van der Waals surface area (Å²) in [6, 6.07) is 5.74. The van der Waals surface area contributed by atoms with E-state index in [-0.39, 0.29) is 5.91 Å². The Kier molecular flexibility index (Phi) is 5.27. The second-order valence-electron chi connectivity index (χ2n) is 5.51. The number of benzene rings is 1. The van der Waals surface area contributed by atoms with E-state index in [2.05, 4.69) is 31.6 Å². The summed E-state index contributed by atoms with van der Waals surface area (Å²) < 4.78 is 3.74. The third kappa shape index (κ3) is 3.63. The molecule has 25 heavy (non-hydrogen) atoms. The second-order valence-corrected chi connectivity index (χ2v) is 7.85. The van der Waals surface area contributed by atoms with Crippen LogP contribution in [0, 0.1) is 6.92 Å². The molecule has 0 bridgehead atoms. The van der Waals surface area contributed by atoms with Crippen molar-refractivity contribution in [2.45, 2.75) is 27.3 Å². The number of thiophene rings is 1. The van der Waals surface area contributed by atoms with E-state index in [9.17, 15) is 4.79 Å². The number of aromatic nitrogens is 2. The quantitative estimate of drug-likeness (QED) is 0.459. The highest BCUT2D eigenvalue weighted by Gasteiger charge is 2.17. The Balaban J connectivity index is 1.84. The topological polar surface area (TPSA) is 59.3 Å². The van der Waals surface area contributed by atoms with Gasteiger partial charge in [-0.25, -0.2) is 5.43 Å². The maximum absolute atomic E-state index is 12.5. The van der Waals surface area contributed by atoms with Crippen molar-refractivity contribution in [1.29, 1.82) is 0 Å². The van der Waals surface area contributed by atoms with E-state index < -0.39 is 0 Å². The second kappa shape index (κ2) is 7.27. The van der Waals surface area contributed by atoms with Crippen LogP contribution in [0.2, 0.25) is 5.02 Å². The number of carbonyl (C=O) groups is 1. The zero-order chi connectivity index (χ0) is 18.1. The molecule has 3 aromatic rings. The number of nitrogens with zero attached hydrogens (tertiary/aromatic N) is 3. The molecule has 1 amide bonds. The van der Waals surface area contributed by atoms with Crippen molar-refractivity contribution in [3.8, 4) is 0 Å². The Morgan fingerprint density at radius 2 is 2.24 bits per heavy atom. The number of aryl methyl sites for hydroxylation is 2. The first-order valence-corrected chi connectivity index (χ1v) is 9.66. The van der Waals surface area contributed by atoms with Gasteiger partial charge in [0.05, 0.1) is 16.4 Å². The minimum absolute atomic E-state index is 0.317. The van der Waals surface area contributed by atoms with E-state index >= 15 is 0 Å². The van der Waals surface area contributed by atoms with E-state index in [0.29, 0.717) is 15.6 Å². The van der Waals surface area contributed by atoms with Crippen LogP contribution < -0.4 is 5.43 Å². The van der Waals surface area contributed by atoms with Crippen LogP contribution in [0.1, 0.15) is 34.8 Å². The molecule has 0 unspecified atom stereocenters. The number of carbonyl (C=O) groups excluding carboxylic acids is 1. The minimum Gasteiger partial charge on any atom is -0.272 e. The molecule has 0 aliphatic heterocycles. The first-order valence-electron chi connectivity index (χ1n) is 7.67. The highest BCUT2D eigenvalue weighted by molar-refractivity contribution is 9.10. The van der Waals surface area contributed by atoms with Crippen molar-refractivity contribution < 1.29 is 4.79 Å². The van der Waals surface area contributed by atoms with Gasteiger partial charge in [0, 0.05) is 32.9 Å². The molecule has 1 aromatic carbocycles. The number of hydrazone groups is 1. The molecule has 0 fully saturated rings. The first kappa shape index (κ1) is 18.1. The van der Waals surface area contributed by atoms with Crippen LogP contribution >= 0.6 is 38.9 Å². The summed E-state index contributed by atoms with van der Waals surface area (Å²) in [6.07, 6.45) is 1.92. The van der Waals surface area contributed by atoms with Gasteiger partial charge in [0.1, 0.15) is 4.88 Å². The molecule has 0 atom stereocenters. The van der Waals surface area contributed by atoms with Crippen molar-refractivity contribution in [3.05, 3.63) is 50.0 Å². The molecule has 1 N–H and O–H groups in total. The molecule has 0 radical (unpaired) electrons. The lowest BCUT2D eigenvalue weighted by Crippen LogP contribution is -2.18. The fourth-order valence-electron chi connectivity index (χ4n) is 2.47. The number of hydrogen-bond acceptors (Lipinski definition) is 4. The van der Waals surface area contributed by atoms with Crippen LogP contribution in [-0.4, -0.2) is 21.4 Å². The SMILES string of the molecule is CCn1cc(/C(C)=N\NC(=O)c2sc3cc(Br)ccc3c2Cl)c(C)n1. The van der Waals surface area contributed by atoms with Crippen molar-refractivity contribution in [2.24, 2.45) is 5.10 Å². The summed E-state index contributed by atoms with van der Waals surface area (Å²) in [5.41, 5.74) is 5.08. The summed E-state index contributed by atoms with van der Waals surface area (Å²) in [4.78, 5) is 12.9. The van der Waals surface area contributed by atoms with Crippen molar-refractivity contribution in [1.82, 2.24) is 15.2 Å². The molecule has 130 valence electrons. The number of hydrogen-bond donors (Lipinski definition) is 1. The number of nitrogens with one attached hydrogen (secondary N) is 1. The molecule has 2 aromatic heterocycles. The third-order valence-electron chi connectivity index (χ3n) is 3.78. The number of fused-ring (bicyclic) bond motifs is 1. The number of amides is 1. The molecule has 0 saturated heterocycles. The highest BCUT2D eigenvalue weighted by Crippen LogP contribution is 2.36. The normalized spacial score (nSPS) is 12.0. The molecule has 0 spiro atoms. The zero-order valence-electron chi connectivity index (χ0n) is 13.9. The molecule has 3 rings (SSSR count). The van der Waals surface area contributed by atoms with Gasteiger partial charge in [-0.3, -0.25) is 9.48 Å². The first-order chi connectivity index (χ1) is 11.9. The summed E-state index contributed by atoms with van der Waals surface area (Å²) in [6.45, 7) is 6.57. The molecular weight excluding hydrogens is 424 g/mol. The molecule has 0 aliphatic carbocycles. The van der Waals surface area contributed by atoms with Gasteiger partial charge >= 0.3 is 0 Å². The summed E-state index contributed by atoms with van der Waals surface area (Å²) >= 11 is 11.1. The minimum atomic E-state index is -0.317. The van der Waals surface area contributed by atoms with Crippen LogP contribution in [0.25, 0.3) is 10.1 Å². The van der Waals surface area contributed by atoms with Gasteiger partial charge < -0.3 is 0 Å². The van der Waals surface area contributed by atoms with Gasteiger partial charge in [0.2, 0.25) is 0 Å². The van der Waals surface area contributed by atoms with Crippen LogP contribution in [0.4, 0.5) is 0 Å².